The van der Waals surface area contributed by atoms with Gasteiger partial charge in [0.25, 0.3) is 0 Å². The van der Waals surface area contributed by atoms with Crippen molar-refractivity contribution in [3.8, 4) is 0 Å². The summed E-state index contributed by atoms with van der Waals surface area (Å²) < 4.78 is 6.14. The number of carbonyl (C=O) groups is 1. The van der Waals surface area contributed by atoms with E-state index in [1.807, 2.05) is 36.7 Å². The zero-order chi connectivity index (χ0) is 37.1. The Bertz CT molecular complexity index is 1600. The molecule has 1 fully saturated rings. The molecule has 5 rings (SSSR count). The maximum atomic E-state index is 11.9. The number of hydrogen-bond acceptors (Lipinski definition) is 9. The summed E-state index contributed by atoms with van der Waals surface area (Å²) in [7, 11) is 0. The number of unbranched alkanes of at least 4 members (excludes halogenated alkanes) is 7. The van der Waals surface area contributed by atoms with E-state index in [0.29, 0.717) is 6.54 Å². The summed E-state index contributed by atoms with van der Waals surface area (Å²) in [6.07, 6.45) is 12.8. The topological polar surface area (TPSA) is 152 Å². The Morgan fingerprint density at radius 2 is 1.43 bits per heavy atom. The van der Waals surface area contributed by atoms with Gasteiger partial charge in [0.15, 0.2) is 6.23 Å². The molecule has 53 heavy (non-hydrogen) atoms. The third-order valence-corrected chi connectivity index (χ3v) is 9.83. The lowest BCUT2D eigenvalue weighted by Gasteiger charge is -2.30. The molecule has 4 aromatic rings. The predicted molar refractivity (Wildman–Crippen MR) is 209 cm³/mol. The van der Waals surface area contributed by atoms with Gasteiger partial charge in [0, 0.05) is 42.7 Å². The SMILES string of the molecule is O=C(C[C@@H](O)C[C@H](O)CO)NCCCCCCCCCCC1OC1Nc1ccccc1[C@@H](Nc1ccccn1)[C@@H](Cc1ccccc1)c1ccccn1. The molecule has 2 aromatic heterocycles. The number of hydrogen-bond donors (Lipinski definition) is 6. The minimum Gasteiger partial charge on any atom is -0.394 e. The highest BCUT2D eigenvalue weighted by atomic mass is 16.6. The average molecular weight is 724 g/mol. The van der Waals surface area contributed by atoms with Gasteiger partial charge in [-0.1, -0.05) is 106 Å². The number of rotatable bonds is 25. The van der Waals surface area contributed by atoms with Crippen LogP contribution in [0, 0.1) is 0 Å². The summed E-state index contributed by atoms with van der Waals surface area (Å²) in [5, 5.41) is 38.4. The Balaban J connectivity index is 1.06. The molecule has 0 bridgehead atoms. The van der Waals surface area contributed by atoms with Crippen LogP contribution in [0.5, 0.6) is 0 Å². The number of amides is 1. The van der Waals surface area contributed by atoms with Crippen molar-refractivity contribution in [2.75, 3.05) is 23.8 Å². The molecule has 0 saturated carbocycles. The number of aliphatic hydroxyl groups excluding tert-OH is 3. The van der Waals surface area contributed by atoms with Crippen molar-refractivity contribution in [2.45, 2.75) is 114 Å². The smallest absolute Gasteiger partial charge is 0.222 e. The van der Waals surface area contributed by atoms with Gasteiger partial charge >= 0.3 is 0 Å². The molecule has 284 valence electrons. The molecule has 0 spiro atoms. The Morgan fingerprint density at radius 3 is 2.15 bits per heavy atom. The number of ether oxygens (including phenoxy) is 1. The van der Waals surface area contributed by atoms with Crippen LogP contribution in [0.1, 0.15) is 99.4 Å². The monoisotopic (exact) mass is 723 g/mol. The molecule has 1 saturated heterocycles. The van der Waals surface area contributed by atoms with Crippen molar-refractivity contribution in [1.82, 2.24) is 15.3 Å². The summed E-state index contributed by atoms with van der Waals surface area (Å²) in [6.45, 7) is 0.175. The minimum absolute atomic E-state index is 0.000194. The maximum absolute atomic E-state index is 11.9. The standard InChI is InChI=1S/C43H57N5O5/c49-31-34(51)29-33(50)30-41(52)46-27-15-6-4-2-1-3-5-10-23-39-43(53-39)47-38-22-12-11-20-35(38)42(48-40-24-14-17-26-45-40)36(37-21-13-16-25-44-37)28-32-18-8-7-9-19-32/h7-9,11-14,16-22,24-26,33-34,36,39,42-43,47,49-51H,1-6,10,15,23,27-31H2,(H,45,48)(H,46,52)/t33-,34-,36-,39?,42+,43?/m0/s1. The van der Waals surface area contributed by atoms with Gasteiger partial charge in [0.2, 0.25) is 5.91 Å². The van der Waals surface area contributed by atoms with E-state index >= 15 is 0 Å². The molecular weight excluding hydrogens is 667 g/mol. The second-order valence-electron chi connectivity index (χ2n) is 14.1. The van der Waals surface area contributed by atoms with E-state index in [9.17, 15) is 15.0 Å². The zero-order valence-corrected chi connectivity index (χ0v) is 30.7. The molecule has 0 aliphatic carbocycles. The molecule has 2 unspecified atom stereocenters. The Morgan fingerprint density at radius 1 is 0.755 bits per heavy atom. The lowest BCUT2D eigenvalue weighted by Crippen LogP contribution is -2.30. The number of aromatic nitrogens is 2. The number of anilines is 2. The van der Waals surface area contributed by atoms with Crippen LogP contribution in [-0.4, -0.2) is 68.9 Å². The fraction of sp³-hybridized carbons (Fsp3) is 0.465. The van der Waals surface area contributed by atoms with Crippen molar-refractivity contribution < 1.29 is 24.9 Å². The first kappa shape index (κ1) is 39.8. The van der Waals surface area contributed by atoms with Crippen LogP contribution in [0.3, 0.4) is 0 Å². The van der Waals surface area contributed by atoms with Crippen molar-refractivity contribution in [3.05, 3.63) is 120 Å². The Hall–Kier alpha value is -4.35. The lowest BCUT2D eigenvalue weighted by molar-refractivity contribution is -0.123. The van der Waals surface area contributed by atoms with Crippen LogP contribution >= 0.6 is 0 Å². The van der Waals surface area contributed by atoms with E-state index < -0.39 is 18.8 Å². The molecule has 1 aliphatic heterocycles. The Kier molecular flexibility index (Phi) is 16.5. The van der Waals surface area contributed by atoms with Gasteiger partial charge in [-0.15, -0.1) is 0 Å². The number of para-hydroxylation sites is 1. The van der Waals surface area contributed by atoms with Crippen molar-refractivity contribution in [2.24, 2.45) is 0 Å². The molecule has 3 heterocycles. The van der Waals surface area contributed by atoms with Crippen LogP contribution in [0.2, 0.25) is 0 Å². The van der Waals surface area contributed by atoms with Crippen LogP contribution in [-0.2, 0) is 16.0 Å². The molecule has 1 aliphatic rings. The summed E-state index contributed by atoms with van der Waals surface area (Å²) in [6, 6.07) is 31.1. The van der Waals surface area contributed by atoms with E-state index in [0.717, 1.165) is 61.3 Å². The first-order valence-electron chi connectivity index (χ1n) is 19.4. The number of benzene rings is 2. The lowest BCUT2D eigenvalue weighted by atomic mass is 9.84. The fourth-order valence-corrected chi connectivity index (χ4v) is 6.92. The highest BCUT2D eigenvalue weighted by Gasteiger charge is 2.39. The van der Waals surface area contributed by atoms with Gasteiger partial charge in [0.1, 0.15) is 11.9 Å². The third kappa shape index (κ3) is 13.9. The van der Waals surface area contributed by atoms with Crippen LogP contribution in [0.15, 0.2) is 103 Å². The first-order chi connectivity index (χ1) is 26.0. The quantitative estimate of drug-likeness (QED) is 0.0316. The van der Waals surface area contributed by atoms with Gasteiger partial charge in [-0.05, 0) is 60.7 Å². The average Bonchev–Trinajstić information content (AvgIpc) is 3.93. The van der Waals surface area contributed by atoms with Crippen LogP contribution < -0.4 is 16.0 Å². The van der Waals surface area contributed by atoms with Crippen molar-refractivity contribution >= 4 is 17.4 Å². The number of pyridine rings is 2. The molecule has 1 amide bonds. The minimum atomic E-state index is -0.995. The third-order valence-electron chi connectivity index (χ3n) is 9.83. The van der Waals surface area contributed by atoms with Gasteiger partial charge in [0.05, 0.1) is 31.3 Å². The van der Waals surface area contributed by atoms with E-state index in [4.69, 9.17) is 14.8 Å². The normalized spacial score (nSPS) is 17.3. The second-order valence-corrected chi connectivity index (χ2v) is 14.1. The van der Waals surface area contributed by atoms with Crippen molar-refractivity contribution in [3.63, 3.8) is 0 Å². The van der Waals surface area contributed by atoms with Gasteiger partial charge in [-0.2, -0.15) is 0 Å². The predicted octanol–water partition coefficient (Wildman–Crippen LogP) is 6.91. The Labute approximate surface area is 314 Å². The summed E-state index contributed by atoms with van der Waals surface area (Å²) >= 11 is 0. The van der Waals surface area contributed by atoms with Gasteiger partial charge in [-0.3, -0.25) is 9.78 Å². The molecule has 6 atom stereocenters. The van der Waals surface area contributed by atoms with Gasteiger partial charge < -0.3 is 36.0 Å². The maximum Gasteiger partial charge on any atom is 0.222 e. The number of nitrogens with one attached hydrogen (secondary N) is 3. The number of nitrogens with zero attached hydrogens (tertiary/aromatic N) is 2. The molecule has 0 radical (unpaired) electrons. The van der Waals surface area contributed by atoms with E-state index in [-0.39, 0.29) is 43.0 Å². The highest BCUT2D eigenvalue weighted by molar-refractivity contribution is 5.76. The fourth-order valence-electron chi connectivity index (χ4n) is 6.92. The largest absolute Gasteiger partial charge is 0.394 e. The van der Waals surface area contributed by atoms with Crippen molar-refractivity contribution in [1.29, 1.82) is 0 Å². The second kappa shape index (κ2) is 22.0. The number of epoxide rings is 1. The van der Waals surface area contributed by atoms with Crippen LogP contribution in [0.4, 0.5) is 11.5 Å². The first-order valence-corrected chi connectivity index (χ1v) is 19.4. The van der Waals surface area contributed by atoms with E-state index in [2.05, 4.69) is 87.7 Å². The highest BCUT2D eigenvalue weighted by Crippen LogP contribution is 2.40. The number of carbonyl (C=O) groups excluding carboxylic acids is 1. The summed E-state index contributed by atoms with van der Waals surface area (Å²) in [5.74, 6) is 0.626. The molecule has 6 N–H and O–H groups in total. The zero-order valence-electron chi connectivity index (χ0n) is 30.7. The molecular formula is C43H57N5O5. The number of aliphatic hydroxyl groups is 3. The van der Waals surface area contributed by atoms with E-state index in [1.165, 1.54) is 31.2 Å². The summed E-state index contributed by atoms with van der Waals surface area (Å²) in [4.78, 5) is 21.4. The summed E-state index contributed by atoms with van der Waals surface area (Å²) in [5.41, 5.74) is 4.48. The van der Waals surface area contributed by atoms with E-state index in [1.54, 1.807) is 0 Å². The molecule has 2 aromatic carbocycles. The van der Waals surface area contributed by atoms with Crippen LogP contribution in [0.25, 0.3) is 0 Å². The van der Waals surface area contributed by atoms with Gasteiger partial charge in [-0.25, -0.2) is 4.98 Å². The molecule has 10 heteroatoms. The molecule has 10 nitrogen and oxygen atoms in total.